The van der Waals surface area contributed by atoms with E-state index >= 15 is 0 Å². The number of benzene rings is 2. The molecule has 1 aliphatic heterocycles. The van der Waals surface area contributed by atoms with Crippen LogP contribution in [0, 0.1) is 0 Å². The molecule has 3 rings (SSSR count). The largest absolute Gasteiger partial charge is 0.420 e. The van der Waals surface area contributed by atoms with Crippen LogP contribution in [0.2, 0.25) is 5.02 Å². The van der Waals surface area contributed by atoms with Crippen molar-refractivity contribution in [3.05, 3.63) is 70.2 Å². The number of unbranched alkanes of at least 4 members (excludes halogenated alkanes) is 1. The minimum Gasteiger partial charge on any atom is -0.420 e. The van der Waals surface area contributed by atoms with Crippen molar-refractivity contribution >= 4 is 17.6 Å². The lowest BCUT2D eigenvalue weighted by molar-refractivity contribution is -0.174. The minimum atomic E-state index is -1.17. The second kappa shape index (κ2) is 6.11. The molecular weight excluding hydrogens is 300 g/mol. The summed E-state index contributed by atoms with van der Waals surface area (Å²) >= 11 is 5.97. The van der Waals surface area contributed by atoms with Gasteiger partial charge in [0.1, 0.15) is 0 Å². The molecule has 0 spiro atoms. The Hall–Kier alpha value is -1.84. The Bertz CT molecular complexity index is 681. The van der Waals surface area contributed by atoms with Crippen molar-refractivity contribution in [2.45, 2.75) is 25.6 Å². The van der Waals surface area contributed by atoms with Crippen LogP contribution in [0.1, 0.15) is 41.3 Å². The lowest BCUT2D eigenvalue weighted by atomic mass is 9.95. The first-order valence-corrected chi connectivity index (χ1v) is 7.78. The molecule has 0 aromatic heterocycles. The maximum absolute atomic E-state index is 12.2. The molecule has 4 heteroatoms. The van der Waals surface area contributed by atoms with E-state index in [9.17, 15) is 4.79 Å². The number of hydrogen-bond donors (Lipinski definition) is 0. The summed E-state index contributed by atoms with van der Waals surface area (Å²) in [6, 6.07) is 14.6. The highest BCUT2D eigenvalue weighted by Crippen LogP contribution is 2.43. The molecule has 0 saturated heterocycles. The molecule has 0 radical (unpaired) electrons. The van der Waals surface area contributed by atoms with Gasteiger partial charge in [0.15, 0.2) is 0 Å². The Morgan fingerprint density at radius 2 is 1.86 bits per heavy atom. The molecule has 0 aliphatic carbocycles. The summed E-state index contributed by atoms with van der Waals surface area (Å²) < 4.78 is 11.8. The zero-order valence-corrected chi connectivity index (χ0v) is 13.1. The van der Waals surface area contributed by atoms with E-state index in [4.69, 9.17) is 21.1 Å². The van der Waals surface area contributed by atoms with E-state index in [1.54, 1.807) is 18.2 Å². The van der Waals surface area contributed by atoms with Gasteiger partial charge in [0, 0.05) is 16.1 Å². The molecule has 0 bridgehead atoms. The third-order valence-corrected chi connectivity index (χ3v) is 4.02. The van der Waals surface area contributed by atoms with Crippen LogP contribution in [0.3, 0.4) is 0 Å². The first-order valence-electron chi connectivity index (χ1n) is 7.40. The summed E-state index contributed by atoms with van der Waals surface area (Å²) in [4.78, 5) is 12.2. The third kappa shape index (κ3) is 2.51. The average molecular weight is 317 g/mol. The van der Waals surface area contributed by atoms with Gasteiger partial charge >= 0.3 is 5.97 Å². The van der Waals surface area contributed by atoms with Gasteiger partial charge in [-0.25, -0.2) is 4.79 Å². The summed E-state index contributed by atoms with van der Waals surface area (Å²) in [6.45, 7) is 2.60. The molecule has 0 fully saturated rings. The Morgan fingerprint density at radius 1 is 1.14 bits per heavy atom. The fraction of sp³-hybridized carbons (Fsp3) is 0.278. The van der Waals surface area contributed by atoms with Gasteiger partial charge in [0.05, 0.1) is 12.2 Å². The first-order chi connectivity index (χ1) is 10.7. The van der Waals surface area contributed by atoms with E-state index in [1.165, 1.54) is 0 Å². The van der Waals surface area contributed by atoms with E-state index < -0.39 is 5.79 Å². The van der Waals surface area contributed by atoms with Gasteiger partial charge < -0.3 is 9.47 Å². The quantitative estimate of drug-likeness (QED) is 0.600. The topological polar surface area (TPSA) is 35.5 Å². The highest BCUT2D eigenvalue weighted by molar-refractivity contribution is 6.30. The highest BCUT2D eigenvalue weighted by atomic mass is 35.5. The lowest BCUT2D eigenvalue weighted by Crippen LogP contribution is -2.32. The fourth-order valence-electron chi connectivity index (χ4n) is 2.62. The molecule has 0 N–H and O–H groups in total. The van der Waals surface area contributed by atoms with Crippen LogP contribution in [0.4, 0.5) is 0 Å². The molecule has 1 atom stereocenters. The molecule has 2 aromatic carbocycles. The van der Waals surface area contributed by atoms with Crippen LogP contribution in [0.15, 0.2) is 48.5 Å². The van der Waals surface area contributed by atoms with Gasteiger partial charge in [0.2, 0.25) is 0 Å². The molecule has 2 aromatic rings. The maximum Gasteiger partial charge on any atom is 0.341 e. The second-order valence-electron chi connectivity index (χ2n) is 5.26. The minimum absolute atomic E-state index is 0.359. The van der Waals surface area contributed by atoms with Crippen LogP contribution < -0.4 is 0 Å². The Morgan fingerprint density at radius 3 is 2.59 bits per heavy atom. The smallest absolute Gasteiger partial charge is 0.341 e. The van der Waals surface area contributed by atoms with E-state index in [1.807, 2.05) is 30.3 Å². The predicted octanol–water partition coefficient (Wildman–Crippen LogP) is 4.53. The van der Waals surface area contributed by atoms with Gasteiger partial charge in [-0.05, 0) is 24.6 Å². The van der Waals surface area contributed by atoms with Gasteiger partial charge in [0.25, 0.3) is 5.79 Å². The first kappa shape index (κ1) is 15.1. The van der Waals surface area contributed by atoms with Crippen molar-refractivity contribution < 1.29 is 14.3 Å². The second-order valence-corrected chi connectivity index (χ2v) is 5.70. The summed E-state index contributed by atoms with van der Waals surface area (Å²) in [6.07, 6.45) is 1.90. The van der Waals surface area contributed by atoms with Crippen molar-refractivity contribution in [3.8, 4) is 0 Å². The van der Waals surface area contributed by atoms with E-state index in [0.29, 0.717) is 17.2 Å². The molecular formula is C18H17ClO3. The van der Waals surface area contributed by atoms with Crippen LogP contribution in [-0.4, -0.2) is 12.6 Å². The molecule has 1 aliphatic rings. The zero-order valence-electron chi connectivity index (χ0n) is 12.3. The normalized spacial score (nSPS) is 19.8. The molecule has 1 heterocycles. The summed E-state index contributed by atoms with van der Waals surface area (Å²) in [5.74, 6) is -1.53. The Balaban J connectivity index is 2.09. The SMILES string of the molecule is CCCCOC1(c2ccc(Cl)cc2)OC(=O)c2ccccc21. The van der Waals surface area contributed by atoms with Crippen molar-refractivity contribution in [2.75, 3.05) is 6.61 Å². The van der Waals surface area contributed by atoms with Crippen molar-refractivity contribution in [1.29, 1.82) is 0 Å². The monoisotopic (exact) mass is 316 g/mol. The fourth-order valence-corrected chi connectivity index (χ4v) is 2.75. The molecule has 114 valence electrons. The summed E-state index contributed by atoms with van der Waals surface area (Å²) in [5.41, 5.74) is 2.07. The number of carbonyl (C=O) groups is 1. The van der Waals surface area contributed by atoms with E-state index in [2.05, 4.69) is 6.92 Å². The number of ether oxygens (including phenoxy) is 2. The van der Waals surface area contributed by atoms with Crippen molar-refractivity contribution in [2.24, 2.45) is 0 Å². The molecule has 22 heavy (non-hydrogen) atoms. The molecule has 0 saturated carbocycles. The van der Waals surface area contributed by atoms with Crippen molar-refractivity contribution in [3.63, 3.8) is 0 Å². The molecule has 1 unspecified atom stereocenters. The van der Waals surface area contributed by atoms with Crippen LogP contribution in [0.5, 0.6) is 0 Å². The summed E-state index contributed by atoms with van der Waals surface area (Å²) in [7, 11) is 0. The number of cyclic esters (lactones) is 1. The number of carbonyl (C=O) groups excluding carboxylic acids is 1. The standard InChI is InChI=1S/C18H17ClO3/c1-2-3-12-21-18(13-8-10-14(19)11-9-13)16-7-5-4-6-15(16)17(20)22-18/h4-11H,2-3,12H2,1H3. The predicted molar refractivity (Wildman–Crippen MR) is 84.9 cm³/mol. The number of hydrogen-bond acceptors (Lipinski definition) is 3. The Kier molecular flexibility index (Phi) is 4.19. The Labute approximate surface area is 134 Å². The third-order valence-electron chi connectivity index (χ3n) is 3.77. The molecule has 0 amide bonds. The van der Waals surface area contributed by atoms with Crippen LogP contribution in [0.25, 0.3) is 0 Å². The van der Waals surface area contributed by atoms with E-state index in [0.717, 1.165) is 24.0 Å². The number of fused-ring (bicyclic) bond motifs is 1. The van der Waals surface area contributed by atoms with Gasteiger partial charge in [-0.15, -0.1) is 0 Å². The maximum atomic E-state index is 12.2. The van der Waals surface area contributed by atoms with Gasteiger partial charge in [-0.1, -0.05) is 55.3 Å². The van der Waals surface area contributed by atoms with Gasteiger partial charge in [-0.2, -0.15) is 0 Å². The lowest BCUT2D eigenvalue weighted by Gasteiger charge is -2.29. The van der Waals surface area contributed by atoms with Gasteiger partial charge in [-0.3, -0.25) is 0 Å². The number of esters is 1. The van der Waals surface area contributed by atoms with E-state index in [-0.39, 0.29) is 5.97 Å². The van der Waals surface area contributed by atoms with Crippen LogP contribution >= 0.6 is 11.6 Å². The molecule has 3 nitrogen and oxygen atoms in total. The van der Waals surface area contributed by atoms with Crippen LogP contribution in [-0.2, 0) is 15.3 Å². The highest BCUT2D eigenvalue weighted by Gasteiger charge is 2.48. The summed E-state index contributed by atoms with van der Waals surface area (Å²) in [5, 5.41) is 0.630. The van der Waals surface area contributed by atoms with Crippen molar-refractivity contribution in [1.82, 2.24) is 0 Å². The number of halogens is 1. The average Bonchev–Trinajstić information content (AvgIpc) is 2.83. The number of rotatable bonds is 5. The zero-order chi connectivity index (χ0) is 15.6.